The number of non-ortho nitro benzene ring substituents is 1. The number of nitro benzene ring substituents is 1. The number of sulfone groups is 1. The van der Waals surface area contributed by atoms with Crippen LogP contribution in [0, 0.1) is 24.0 Å². The van der Waals surface area contributed by atoms with Gasteiger partial charge in [-0.05, 0) is 72.7 Å². The second-order valence-corrected chi connectivity index (χ2v) is 10.9. The Morgan fingerprint density at radius 3 is 2.24 bits per heavy atom. The Balaban J connectivity index is 1.93. The number of hydrogen-bond acceptors (Lipinski definition) is 6. The summed E-state index contributed by atoms with van der Waals surface area (Å²) in [6, 6.07) is 18.0. The van der Waals surface area contributed by atoms with Crippen molar-refractivity contribution in [3.63, 3.8) is 0 Å². The maximum Gasteiger partial charge on any atom is 0.271 e. The first-order valence-corrected chi connectivity index (χ1v) is 13.1. The first-order chi connectivity index (χ1) is 16.1. The Morgan fingerprint density at radius 2 is 1.65 bits per heavy atom. The molecule has 0 aliphatic carbocycles. The highest BCUT2D eigenvalue weighted by molar-refractivity contribution is 7.98. The number of benzene rings is 3. The SMILES string of the molecule is CSc1ccc(/C=C2/C(=O)N(c3cc(C)cc(C)c3)[C@@H](c3cccc([N+](=O)[O-])c3)S2(=O)=O)cc1. The van der Waals surface area contributed by atoms with E-state index < -0.39 is 26.0 Å². The first-order valence-electron chi connectivity index (χ1n) is 10.4. The van der Waals surface area contributed by atoms with Gasteiger partial charge in [0, 0.05) is 22.7 Å². The van der Waals surface area contributed by atoms with Crippen LogP contribution in [0.5, 0.6) is 0 Å². The number of carbonyl (C=O) groups excluding carboxylic acids is 1. The van der Waals surface area contributed by atoms with Crippen molar-refractivity contribution >= 4 is 45.0 Å². The predicted molar refractivity (Wildman–Crippen MR) is 134 cm³/mol. The second-order valence-electron chi connectivity index (χ2n) is 8.05. The molecule has 1 amide bonds. The van der Waals surface area contributed by atoms with E-state index >= 15 is 0 Å². The number of nitro groups is 1. The summed E-state index contributed by atoms with van der Waals surface area (Å²) in [4.78, 5) is 26.3. The molecule has 34 heavy (non-hydrogen) atoms. The Labute approximate surface area is 202 Å². The summed E-state index contributed by atoms with van der Waals surface area (Å²) in [5, 5.41) is 9.94. The fourth-order valence-corrected chi connectivity index (χ4v) is 6.35. The third-order valence-electron chi connectivity index (χ3n) is 5.53. The summed E-state index contributed by atoms with van der Waals surface area (Å²) >= 11 is 1.55. The average Bonchev–Trinajstić information content (AvgIpc) is 2.99. The summed E-state index contributed by atoms with van der Waals surface area (Å²) in [5.74, 6) is -0.671. The van der Waals surface area contributed by atoms with E-state index in [2.05, 4.69) is 0 Å². The maximum atomic E-state index is 13.8. The van der Waals surface area contributed by atoms with E-state index in [4.69, 9.17) is 0 Å². The van der Waals surface area contributed by atoms with Crippen molar-refractivity contribution in [2.24, 2.45) is 0 Å². The molecular formula is C25H22N2O5S2. The van der Waals surface area contributed by atoms with Crippen molar-refractivity contribution in [3.8, 4) is 0 Å². The van der Waals surface area contributed by atoms with Crippen molar-refractivity contribution in [1.82, 2.24) is 0 Å². The standard InChI is InChI=1S/C25H22N2O5S2/c1-16-11-17(2)13-21(12-16)26-24(28)23(14-18-7-9-22(33-3)10-8-18)34(31,32)25(26)19-5-4-6-20(15-19)27(29)30/h4-15,25H,1-3H3/b23-14-/t25-/m1/s1. The smallest absolute Gasteiger partial charge is 0.271 e. The van der Waals surface area contributed by atoms with E-state index in [0.29, 0.717) is 11.3 Å². The predicted octanol–water partition coefficient (Wildman–Crippen LogP) is 5.43. The van der Waals surface area contributed by atoms with E-state index in [0.717, 1.165) is 16.0 Å². The number of amides is 1. The fraction of sp³-hybridized carbons (Fsp3) is 0.160. The number of rotatable bonds is 5. The lowest BCUT2D eigenvalue weighted by atomic mass is 10.1. The van der Waals surface area contributed by atoms with Gasteiger partial charge in [-0.15, -0.1) is 11.8 Å². The third kappa shape index (κ3) is 4.36. The molecule has 0 spiro atoms. The summed E-state index contributed by atoms with van der Waals surface area (Å²) < 4.78 is 27.5. The van der Waals surface area contributed by atoms with Gasteiger partial charge < -0.3 is 0 Å². The van der Waals surface area contributed by atoms with Crippen LogP contribution in [0.2, 0.25) is 0 Å². The number of aryl methyl sites for hydroxylation is 2. The molecule has 7 nitrogen and oxygen atoms in total. The van der Waals surface area contributed by atoms with Crippen molar-refractivity contribution < 1.29 is 18.1 Å². The summed E-state index contributed by atoms with van der Waals surface area (Å²) in [7, 11) is -4.20. The van der Waals surface area contributed by atoms with Crippen LogP contribution in [-0.2, 0) is 14.6 Å². The largest absolute Gasteiger partial charge is 0.286 e. The van der Waals surface area contributed by atoms with Gasteiger partial charge in [-0.25, -0.2) is 8.42 Å². The summed E-state index contributed by atoms with van der Waals surface area (Å²) in [6.07, 6.45) is 3.30. The Hall–Kier alpha value is -3.43. The molecule has 9 heteroatoms. The van der Waals surface area contributed by atoms with E-state index in [9.17, 15) is 23.3 Å². The molecule has 1 aliphatic rings. The molecule has 1 fully saturated rings. The van der Waals surface area contributed by atoms with Gasteiger partial charge in [0.25, 0.3) is 11.6 Å². The second kappa shape index (κ2) is 9.08. The van der Waals surface area contributed by atoms with Crippen LogP contribution in [0.1, 0.15) is 27.6 Å². The van der Waals surface area contributed by atoms with Gasteiger partial charge in [-0.1, -0.05) is 30.3 Å². The molecular weight excluding hydrogens is 472 g/mol. The molecule has 4 rings (SSSR count). The number of nitrogens with zero attached hydrogens (tertiary/aromatic N) is 2. The monoisotopic (exact) mass is 494 g/mol. The highest BCUT2D eigenvalue weighted by Crippen LogP contribution is 2.44. The van der Waals surface area contributed by atoms with Gasteiger partial charge in [0.2, 0.25) is 9.84 Å². The van der Waals surface area contributed by atoms with Crippen LogP contribution >= 0.6 is 11.8 Å². The molecule has 3 aromatic rings. The summed E-state index contributed by atoms with van der Waals surface area (Å²) in [6.45, 7) is 3.72. The highest BCUT2D eigenvalue weighted by atomic mass is 32.2. The van der Waals surface area contributed by atoms with E-state index in [-0.39, 0.29) is 16.2 Å². The van der Waals surface area contributed by atoms with E-state index in [1.54, 1.807) is 36.0 Å². The zero-order valence-corrected chi connectivity index (χ0v) is 20.4. The van der Waals surface area contributed by atoms with Gasteiger partial charge in [0.05, 0.1) is 4.92 Å². The van der Waals surface area contributed by atoms with Crippen molar-refractivity contribution in [3.05, 3.63) is 104 Å². The van der Waals surface area contributed by atoms with Crippen LogP contribution in [-0.4, -0.2) is 25.5 Å². The number of anilines is 1. The molecule has 1 atom stereocenters. The molecule has 0 N–H and O–H groups in total. The van der Waals surface area contributed by atoms with Crippen molar-refractivity contribution in [1.29, 1.82) is 0 Å². The average molecular weight is 495 g/mol. The van der Waals surface area contributed by atoms with Gasteiger partial charge in [-0.3, -0.25) is 19.8 Å². The van der Waals surface area contributed by atoms with Crippen molar-refractivity contribution in [2.45, 2.75) is 24.1 Å². The van der Waals surface area contributed by atoms with E-state index in [1.165, 1.54) is 35.2 Å². The van der Waals surface area contributed by atoms with Crippen LogP contribution in [0.15, 0.2) is 76.5 Å². The quantitative estimate of drug-likeness (QED) is 0.203. The summed E-state index contributed by atoms with van der Waals surface area (Å²) in [5.41, 5.74) is 2.63. The molecule has 1 aliphatic heterocycles. The van der Waals surface area contributed by atoms with Gasteiger partial charge in [0.1, 0.15) is 4.91 Å². The molecule has 1 heterocycles. The fourth-order valence-electron chi connectivity index (χ4n) is 4.06. The lowest BCUT2D eigenvalue weighted by Crippen LogP contribution is -2.29. The number of thioether (sulfide) groups is 1. The molecule has 174 valence electrons. The van der Waals surface area contributed by atoms with Crippen molar-refractivity contribution in [2.75, 3.05) is 11.2 Å². The molecule has 3 aromatic carbocycles. The minimum Gasteiger partial charge on any atom is -0.286 e. The molecule has 0 unspecified atom stereocenters. The molecule has 0 aromatic heterocycles. The van der Waals surface area contributed by atoms with Crippen LogP contribution in [0.4, 0.5) is 11.4 Å². The van der Waals surface area contributed by atoms with E-state index in [1.807, 2.05) is 38.3 Å². The minimum absolute atomic E-state index is 0.155. The number of hydrogen-bond donors (Lipinski definition) is 0. The lowest BCUT2D eigenvalue weighted by Gasteiger charge is -2.24. The first kappa shape index (κ1) is 23.7. The number of carbonyl (C=O) groups is 1. The van der Waals surface area contributed by atoms with Gasteiger partial charge in [0.15, 0.2) is 5.37 Å². The maximum absolute atomic E-state index is 13.8. The molecule has 0 saturated carbocycles. The molecule has 0 bridgehead atoms. The third-order valence-corrected chi connectivity index (χ3v) is 8.25. The van der Waals surface area contributed by atoms with Crippen LogP contribution < -0.4 is 4.90 Å². The van der Waals surface area contributed by atoms with Crippen LogP contribution in [0.25, 0.3) is 6.08 Å². The Morgan fingerprint density at radius 1 is 1.00 bits per heavy atom. The molecule has 0 radical (unpaired) electrons. The minimum atomic E-state index is -4.20. The van der Waals surface area contributed by atoms with Gasteiger partial charge in [-0.2, -0.15) is 0 Å². The normalized spacial score (nSPS) is 18.4. The Kier molecular flexibility index (Phi) is 6.33. The topological polar surface area (TPSA) is 97.6 Å². The zero-order valence-electron chi connectivity index (χ0n) is 18.8. The lowest BCUT2D eigenvalue weighted by molar-refractivity contribution is -0.384. The molecule has 1 saturated heterocycles. The zero-order chi connectivity index (χ0) is 24.6. The highest BCUT2D eigenvalue weighted by Gasteiger charge is 2.50. The van der Waals surface area contributed by atoms with Crippen LogP contribution in [0.3, 0.4) is 0 Å². The van der Waals surface area contributed by atoms with Gasteiger partial charge >= 0.3 is 0 Å². The Bertz CT molecular complexity index is 1410.